The molecule has 1 fully saturated rings. The van der Waals surface area contributed by atoms with E-state index >= 15 is 0 Å². The van der Waals surface area contributed by atoms with Crippen LogP contribution >= 0.6 is 35.0 Å². The quantitative estimate of drug-likeness (QED) is 0.831. The van der Waals surface area contributed by atoms with Gasteiger partial charge >= 0.3 is 0 Å². The van der Waals surface area contributed by atoms with Crippen LogP contribution in [0.3, 0.4) is 0 Å². The molecule has 0 spiro atoms. The summed E-state index contributed by atoms with van der Waals surface area (Å²) in [6.07, 6.45) is 0. The number of imide groups is 1. The molecule has 1 aliphatic rings. The van der Waals surface area contributed by atoms with Crippen LogP contribution in [-0.4, -0.2) is 27.7 Å². The third-order valence-electron chi connectivity index (χ3n) is 3.55. The Morgan fingerprint density at radius 3 is 2.60 bits per heavy atom. The van der Waals surface area contributed by atoms with E-state index in [-0.39, 0.29) is 29.4 Å². The van der Waals surface area contributed by atoms with Crippen LogP contribution in [0.25, 0.3) is 0 Å². The molecule has 0 atom stereocenters. The number of benzene rings is 2. The van der Waals surface area contributed by atoms with Crippen molar-refractivity contribution in [2.24, 2.45) is 0 Å². The number of anilines is 1. The van der Waals surface area contributed by atoms with E-state index in [9.17, 15) is 14.4 Å². The van der Waals surface area contributed by atoms with Gasteiger partial charge in [-0.3, -0.25) is 19.3 Å². The number of nitrogens with zero attached hydrogens (tertiary/aromatic N) is 1. The highest BCUT2D eigenvalue weighted by Crippen LogP contribution is 2.25. The van der Waals surface area contributed by atoms with Gasteiger partial charge in [0.15, 0.2) is 0 Å². The summed E-state index contributed by atoms with van der Waals surface area (Å²) >= 11 is 12.8. The lowest BCUT2D eigenvalue weighted by Crippen LogP contribution is -2.28. The van der Waals surface area contributed by atoms with Crippen molar-refractivity contribution in [2.45, 2.75) is 6.54 Å². The van der Waals surface area contributed by atoms with Gasteiger partial charge < -0.3 is 5.32 Å². The topological polar surface area (TPSA) is 66.5 Å². The molecule has 5 nitrogen and oxygen atoms in total. The highest BCUT2D eigenvalue weighted by Gasteiger charge is 2.29. The Hall–Kier alpha value is -2.02. The first-order chi connectivity index (χ1) is 11.9. The van der Waals surface area contributed by atoms with E-state index in [1.807, 2.05) is 0 Å². The van der Waals surface area contributed by atoms with E-state index in [0.29, 0.717) is 26.9 Å². The molecule has 25 heavy (non-hydrogen) atoms. The minimum atomic E-state index is -0.325. The van der Waals surface area contributed by atoms with Crippen molar-refractivity contribution in [2.75, 3.05) is 11.1 Å². The fourth-order valence-electron chi connectivity index (χ4n) is 2.30. The van der Waals surface area contributed by atoms with E-state index < -0.39 is 0 Å². The lowest BCUT2D eigenvalue weighted by atomic mass is 10.1. The first-order valence-electron chi connectivity index (χ1n) is 7.26. The molecule has 0 aliphatic carbocycles. The summed E-state index contributed by atoms with van der Waals surface area (Å²) in [6, 6.07) is 11.6. The molecule has 0 saturated carbocycles. The minimum Gasteiger partial charge on any atom is -0.322 e. The Labute approximate surface area is 158 Å². The molecule has 2 aromatic rings. The fraction of sp³-hybridized carbons (Fsp3) is 0.118. The molecule has 0 unspecified atom stereocenters. The molecule has 1 N–H and O–H groups in total. The maximum Gasteiger partial charge on any atom is 0.289 e. The summed E-state index contributed by atoms with van der Waals surface area (Å²) in [5, 5.41) is 3.21. The number of halogens is 2. The number of hydrogen-bond donors (Lipinski definition) is 1. The van der Waals surface area contributed by atoms with Gasteiger partial charge in [0.1, 0.15) is 0 Å². The van der Waals surface area contributed by atoms with Gasteiger partial charge in [0.25, 0.3) is 11.1 Å². The van der Waals surface area contributed by atoms with Crippen molar-refractivity contribution in [3.05, 3.63) is 63.6 Å². The highest BCUT2D eigenvalue weighted by atomic mass is 35.5. The van der Waals surface area contributed by atoms with Crippen molar-refractivity contribution >= 4 is 57.7 Å². The molecule has 3 amide bonds. The second-order valence-electron chi connectivity index (χ2n) is 5.32. The number of thioether (sulfide) groups is 1. The van der Waals surface area contributed by atoms with Crippen LogP contribution in [0.4, 0.5) is 10.5 Å². The normalized spacial score (nSPS) is 14.1. The Morgan fingerprint density at radius 2 is 1.92 bits per heavy atom. The summed E-state index contributed by atoms with van der Waals surface area (Å²) in [4.78, 5) is 36.9. The molecule has 1 saturated heterocycles. The fourth-order valence-corrected chi connectivity index (χ4v) is 3.33. The molecule has 8 heteroatoms. The predicted molar refractivity (Wildman–Crippen MR) is 99.3 cm³/mol. The van der Waals surface area contributed by atoms with Crippen LogP contribution in [0.15, 0.2) is 42.5 Å². The highest BCUT2D eigenvalue weighted by molar-refractivity contribution is 8.14. The van der Waals surface area contributed by atoms with Crippen LogP contribution < -0.4 is 5.32 Å². The first kappa shape index (κ1) is 17.8. The molecule has 128 valence electrons. The molecule has 0 aromatic heterocycles. The van der Waals surface area contributed by atoms with Crippen molar-refractivity contribution in [3.8, 4) is 0 Å². The molecular formula is C17H12Cl2N2O3S. The monoisotopic (exact) mass is 394 g/mol. The first-order valence-corrected chi connectivity index (χ1v) is 9.00. The number of carbonyl (C=O) groups excluding carboxylic acids is 3. The van der Waals surface area contributed by atoms with Crippen LogP contribution in [0, 0.1) is 0 Å². The largest absolute Gasteiger partial charge is 0.322 e. The van der Waals surface area contributed by atoms with Crippen molar-refractivity contribution in [3.63, 3.8) is 0 Å². The summed E-state index contributed by atoms with van der Waals surface area (Å²) in [5.41, 5.74) is 1.63. The molecule has 1 aliphatic heterocycles. The predicted octanol–water partition coefficient (Wildman–Crippen LogP) is 4.44. The molecule has 0 bridgehead atoms. The van der Waals surface area contributed by atoms with Gasteiger partial charge in [-0.25, -0.2) is 0 Å². The standard InChI is InChI=1S/C17H12Cl2N2O3S/c18-13-5-4-12(7-14(13)19)20-16(23)11-3-1-2-10(6-11)8-21-15(22)9-25-17(21)24/h1-7H,8-9H2,(H,20,23). The Bertz CT molecular complexity index is 857. The SMILES string of the molecule is O=C(Nc1ccc(Cl)c(Cl)c1)c1cccc(CN2C(=O)CSC2=O)c1. The van der Waals surface area contributed by atoms with Crippen LogP contribution in [0.5, 0.6) is 0 Å². The van der Waals surface area contributed by atoms with E-state index in [1.165, 1.54) is 4.90 Å². The Kier molecular flexibility index (Phi) is 5.32. The summed E-state index contributed by atoms with van der Waals surface area (Å²) in [5.74, 6) is -0.384. The number of hydrogen-bond acceptors (Lipinski definition) is 4. The second kappa shape index (κ2) is 7.47. The van der Waals surface area contributed by atoms with E-state index in [2.05, 4.69) is 5.32 Å². The third-order valence-corrected chi connectivity index (χ3v) is 5.15. The summed E-state index contributed by atoms with van der Waals surface area (Å²) in [7, 11) is 0. The van der Waals surface area contributed by atoms with E-state index in [1.54, 1.807) is 42.5 Å². The maximum absolute atomic E-state index is 12.4. The molecule has 3 rings (SSSR count). The number of carbonyl (C=O) groups is 3. The lowest BCUT2D eigenvalue weighted by molar-refractivity contribution is -0.125. The van der Waals surface area contributed by atoms with E-state index in [0.717, 1.165) is 11.8 Å². The second-order valence-corrected chi connectivity index (χ2v) is 7.06. The van der Waals surface area contributed by atoms with Gasteiger partial charge in [0.05, 0.1) is 22.3 Å². The summed E-state index contributed by atoms with van der Waals surface area (Å²) < 4.78 is 0. The third kappa shape index (κ3) is 4.15. The smallest absolute Gasteiger partial charge is 0.289 e. The van der Waals surface area contributed by atoms with Crippen LogP contribution in [-0.2, 0) is 11.3 Å². The van der Waals surface area contributed by atoms with Crippen LogP contribution in [0.2, 0.25) is 10.0 Å². The van der Waals surface area contributed by atoms with Crippen LogP contribution in [0.1, 0.15) is 15.9 Å². The Morgan fingerprint density at radius 1 is 1.12 bits per heavy atom. The van der Waals surface area contributed by atoms with Gasteiger partial charge in [0, 0.05) is 11.3 Å². The molecule has 2 aromatic carbocycles. The van der Waals surface area contributed by atoms with Gasteiger partial charge in [-0.05, 0) is 35.9 Å². The molecular weight excluding hydrogens is 383 g/mol. The summed E-state index contributed by atoms with van der Waals surface area (Å²) in [6.45, 7) is 0.151. The zero-order chi connectivity index (χ0) is 18.0. The zero-order valence-corrected chi connectivity index (χ0v) is 15.1. The van der Waals surface area contributed by atoms with Crippen molar-refractivity contribution in [1.82, 2.24) is 4.90 Å². The molecule has 1 heterocycles. The number of amides is 3. The number of rotatable bonds is 4. The van der Waals surface area contributed by atoms with Crippen molar-refractivity contribution in [1.29, 1.82) is 0 Å². The van der Waals surface area contributed by atoms with Crippen molar-refractivity contribution < 1.29 is 14.4 Å². The number of nitrogens with one attached hydrogen (secondary N) is 1. The van der Waals surface area contributed by atoms with Gasteiger partial charge in [-0.15, -0.1) is 0 Å². The minimum absolute atomic E-state index is 0.151. The van der Waals surface area contributed by atoms with Gasteiger partial charge in [-0.2, -0.15) is 0 Å². The average Bonchev–Trinajstić information content (AvgIpc) is 2.90. The lowest BCUT2D eigenvalue weighted by Gasteiger charge is -2.13. The maximum atomic E-state index is 12.4. The Balaban J connectivity index is 1.74. The van der Waals surface area contributed by atoms with E-state index in [4.69, 9.17) is 23.2 Å². The average molecular weight is 395 g/mol. The zero-order valence-electron chi connectivity index (χ0n) is 12.8. The van der Waals surface area contributed by atoms with Gasteiger partial charge in [-0.1, -0.05) is 47.1 Å². The molecule has 0 radical (unpaired) electrons. The van der Waals surface area contributed by atoms with Gasteiger partial charge in [0.2, 0.25) is 5.91 Å².